The van der Waals surface area contributed by atoms with Gasteiger partial charge in [0.1, 0.15) is 19.0 Å². The minimum absolute atomic E-state index is 0.115. The standard InChI is InChI=1S/C14H14BrNO5S/c1-9-4-11(16-21-9)8-22(17,18)7-10-5-13-14(6-12(10)15)20-3-2-19-13/h4-6H,2-3,7-8H2,1H3. The van der Waals surface area contributed by atoms with Gasteiger partial charge in [-0.25, -0.2) is 8.42 Å². The van der Waals surface area contributed by atoms with Gasteiger partial charge in [0.25, 0.3) is 0 Å². The second-order valence-electron chi connectivity index (χ2n) is 5.05. The summed E-state index contributed by atoms with van der Waals surface area (Å²) < 4.78 is 41.2. The summed E-state index contributed by atoms with van der Waals surface area (Å²) in [5.74, 6) is 1.50. The third-order valence-electron chi connectivity index (χ3n) is 3.13. The number of sulfone groups is 1. The maximum Gasteiger partial charge on any atom is 0.162 e. The number of benzene rings is 1. The van der Waals surface area contributed by atoms with Crippen LogP contribution in [0.5, 0.6) is 11.5 Å². The molecule has 1 aromatic carbocycles. The van der Waals surface area contributed by atoms with Crippen LogP contribution in [0, 0.1) is 6.92 Å². The molecule has 0 saturated carbocycles. The van der Waals surface area contributed by atoms with E-state index in [1.165, 1.54) is 0 Å². The van der Waals surface area contributed by atoms with Crippen LogP contribution in [-0.2, 0) is 21.3 Å². The highest BCUT2D eigenvalue weighted by molar-refractivity contribution is 9.10. The van der Waals surface area contributed by atoms with Crippen LogP contribution < -0.4 is 9.47 Å². The molecule has 118 valence electrons. The van der Waals surface area contributed by atoms with E-state index in [0.717, 1.165) is 0 Å². The average Bonchev–Trinajstić information content (AvgIpc) is 2.83. The molecule has 3 rings (SSSR count). The maximum absolute atomic E-state index is 12.3. The summed E-state index contributed by atoms with van der Waals surface area (Å²) in [6, 6.07) is 5.06. The van der Waals surface area contributed by atoms with E-state index in [1.807, 2.05) is 0 Å². The second kappa shape index (κ2) is 5.92. The summed E-state index contributed by atoms with van der Waals surface area (Å²) in [6.07, 6.45) is 0. The molecule has 6 nitrogen and oxygen atoms in total. The maximum atomic E-state index is 12.3. The van der Waals surface area contributed by atoms with Gasteiger partial charge >= 0.3 is 0 Å². The van der Waals surface area contributed by atoms with Crippen molar-refractivity contribution in [1.82, 2.24) is 5.16 Å². The largest absolute Gasteiger partial charge is 0.486 e. The van der Waals surface area contributed by atoms with Crippen molar-refractivity contribution in [2.75, 3.05) is 13.2 Å². The summed E-state index contributed by atoms with van der Waals surface area (Å²) in [5.41, 5.74) is 1.04. The highest BCUT2D eigenvalue weighted by atomic mass is 79.9. The monoisotopic (exact) mass is 387 g/mol. The molecule has 2 heterocycles. The number of aryl methyl sites for hydroxylation is 1. The van der Waals surface area contributed by atoms with Crippen LogP contribution in [0.2, 0.25) is 0 Å². The molecule has 0 amide bonds. The summed E-state index contributed by atoms with van der Waals surface area (Å²) in [7, 11) is -3.37. The van der Waals surface area contributed by atoms with E-state index < -0.39 is 9.84 Å². The fraction of sp³-hybridized carbons (Fsp3) is 0.357. The number of hydrogen-bond acceptors (Lipinski definition) is 6. The molecule has 0 fully saturated rings. The molecule has 1 aromatic heterocycles. The number of aromatic nitrogens is 1. The minimum atomic E-state index is -3.37. The number of nitrogens with zero attached hydrogens (tertiary/aromatic N) is 1. The number of halogens is 1. The molecule has 22 heavy (non-hydrogen) atoms. The van der Waals surface area contributed by atoms with Gasteiger partial charge in [-0.15, -0.1) is 0 Å². The van der Waals surface area contributed by atoms with Gasteiger partial charge in [0, 0.05) is 10.5 Å². The Bertz CT molecular complexity index is 800. The number of ether oxygens (including phenoxy) is 2. The highest BCUT2D eigenvalue weighted by Gasteiger charge is 2.21. The van der Waals surface area contributed by atoms with Gasteiger partial charge in [-0.05, 0) is 24.6 Å². The first kappa shape index (κ1) is 15.4. The Hall–Kier alpha value is -1.54. The molecule has 0 unspecified atom stereocenters. The SMILES string of the molecule is Cc1cc(CS(=O)(=O)Cc2cc3c(cc2Br)OCCO3)no1. The van der Waals surface area contributed by atoms with Gasteiger partial charge in [-0.3, -0.25) is 0 Å². The predicted octanol–water partition coefficient (Wildman–Crippen LogP) is 2.63. The van der Waals surface area contributed by atoms with Gasteiger partial charge in [-0.1, -0.05) is 21.1 Å². The Kier molecular flexibility index (Phi) is 4.14. The normalized spacial score (nSPS) is 14.1. The first-order valence-corrected chi connectivity index (χ1v) is 9.25. The van der Waals surface area contributed by atoms with Crippen LogP contribution in [0.15, 0.2) is 27.2 Å². The molecule has 0 aliphatic carbocycles. The van der Waals surface area contributed by atoms with Crippen LogP contribution in [0.1, 0.15) is 17.0 Å². The molecule has 1 aliphatic heterocycles. The van der Waals surface area contributed by atoms with E-state index in [4.69, 9.17) is 14.0 Å². The van der Waals surface area contributed by atoms with Gasteiger partial charge in [-0.2, -0.15) is 0 Å². The quantitative estimate of drug-likeness (QED) is 0.802. The van der Waals surface area contributed by atoms with Crippen molar-refractivity contribution < 1.29 is 22.4 Å². The highest BCUT2D eigenvalue weighted by Crippen LogP contribution is 2.36. The van der Waals surface area contributed by atoms with E-state index in [9.17, 15) is 8.42 Å². The van der Waals surface area contributed by atoms with Crippen LogP contribution >= 0.6 is 15.9 Å². The van der Waals surface area contributed by atoms with Crippen LogP contribution in [0.3, 0.4) is 0 Å². The van der Waals surface area contributed by atoms with E-state index in [1.54, 1.807) is 25.1 Å². The molecule has 1 aliphatic rings. The summed E-state index contributed by atoms with van der Waals surface area (Å²) in [4.78, 5) is 0. The summed E-state index contributed by atoms with van der Waals surface area (Å²) >= 11 is 3.38. The number of fused-ring (bicyclic) bond motifs is 1. The first-order chi connectivity index (χ1) is 10.4. The fourth-order valence-corrected chi connectivity index (χ4v) is 4.27. The first-order valence-electron chi connectivity index (χ1n) is 6.63. The Balaban J connectivity index is 1.82. The predicted molar refractivity (Wildman–Crippen MR) is 82.7 cm³/mol. The third kappa shape index (κ3) is 3.44. The molecular formula is C14H14BrNO5S. The summed E-state index contributed by atoms with van der Waals surface area (Å²) in [6.45, 7) is 2.67. The average molecular weight is 388 g/mol. The van der Waals surface area contributed by atoms with Crippen molar-refractivity contribution in [3.05, 3.63) is 39.7 Å². The van der Waals surface area contributed by atoms with Crippen LogP contribution in [-0.4, -0.2) is 26.8 Å². The van der Waals surface area contributed by atoms with E-state index in [-0.39, 0.29) is 11.5 Å². The Morgan fingerprint density at radius 2 is 1.82 bits per heavy atom. The second-order valence-corrected chi connectivity index (χ2v) is 7.97. The number of hydrogen-bond donors (Lipinski definition) is 0. The summed E-state index contributed by atoms with van der Waals surface area (Å²) in [5, 5.41) is 3.72. The van der Waals surface area contributed by atoms with Gasteiger partial charge in [0.15, 0.2) is 21.3 Å². The lowest BCUT2D eigenvalue weighted by Gasteiger charge is -2.19. The molecule has 0 spiro atoms. The third-order valence-corrected chi connectivity index (χ3v) is 5.36. The van der Waals surface area contributed by atoms with E-state index >= 15 is 0 Å². The Labute approximate surface area is 136 Å². The van der Waals surface area contributed by atoms with Crippen molar-refractivity contribution in [2.24, 2.45) is 0 Å². The van der Waals surface area contributed by atoms with Crippen molar-refractivity contribution >= 4 is 25.8 Å². The molecule has 2 aromatic rings. The zero-order valence-corrected chi connectivity index (χ0v) is 14.2. The molecule has 0 radical (unpaired) electrons. The van der Waals surface area contributed by atoms with Crippen molar-refractivity contribution in [3.63, 3.8) is 0 Å². The minimum Gasteiger partial charge on any atom is -0.486 e. The smallest absolute Gasteiger partial charge is 0.162 e. The van der Waals surface area contributed by atoms with Crippen LogP contribution in [0.4, 0.5) is 0 Å². The zero-order chi connectivity index (χ0) is 15.7. The van der Waals surface area contributed by atoms with E-state index in [0.29, 0.717) is 46.2 Å². The Morgan fingerprint density at radius 1 is 1.14 bits per heavy atom. The van der Waals surface area contributed by atoms with Crippen molar-refractivity contribution in [1.29, 1.82) is 0 Å². The van der Waals surface area contributed by atoms with Crippen LogP contribution in [0.25, 0.3) is 0 Å². The molecule has 0 N–H and O–H groups in total. The lowest BCUT2D eigenvalue weighted by Crippen LogP contribution is -2.16. The molecular weight excluding hydrogens is 374 g/mol. The van der Waals surface area contributed by atoms with Crippen molar-refractivity contribution in [2.45, 2.75) is 18.4 Å². The van der Waals surface area contributed by atoms with Gasteiger partial charge in [0.2, 0.25) is 0 Å². The Morgan fingerprint density at radius 3 is 2.45 bits per heavy atom. The fourth-order valence-electron chi connectivity index (χ4n) is 2.22. The molecule has 0 atom stereocenters. The molecule has 0 bridgehead atoms. The van der Waals surface area contributed by atoms with Crippen molar-refractivity contribution in [3.8, 4) is 11.5 Å². The lowest BCUT2D eigenvalue weighted by molar-refractivity contribution is 0.171. The van der Waals surface area contributed by atoms with E-state index in [2.05, 4.69) is 21.1 Å². The topological polar surface area (TPSA) is 78.6 Å². The lowest BCUT2D eigenvalue weighted by atomic mass is 10.2. The molecule has 8 heteroatoms. The van der Waals surface area contributed by atoms with Gasteiger partial charge < -0.3 is 14.0 Å². The zero-order valence-electron chi connectivity index (χ0n) is 11.8. The number of rotatable bonds is 4. The van der Waals surface area contributed by atoms with Gasteiger partial charge in [0.05, 0.1) is 17.2 Å². The molecule has 0 saturated heterocycles.